The highest BCUT2D eigenvalue weighted by atomic mass is 28.4. The Kier molecular flexibility index (Phi) is 9.85. The Morgan fingerprint density at radius 3 is 2.35 bits per heavy atom. The minimum Gasteiger partial charge on any atom is -0.459 e. The standard InChI is InChI=1S/C16H32O3Si/c1-7-9-10-11-15(19-16(17)14(3)4)12-13-20(5,6)18-8-2/h15H,3,7-13H2,1-2,4-6H3. The molecule has 0 heterocycles. The van der Waals surface area contributed by atoms with Gasteiger partial charge in [0.15, 0.2) is 8.32 Å². The molecule has 0 aromatic carbocycles. The van der Waals surface area contributed by atoms with E-state index in [1.165, 1.54) is 12.8 Å². The van der Waals surface area contributed by atoms with E-state index >= 15 is 0 Å². The lowest BCUT2D eigenvalue weighted by molar-refractivity contribution is -0.144. The van der Waals surface area contributed by atoms with Crippen molar-refractivity contribution in [3.63, 3.8) is 0 Å². The van der Waals surface area contributed by atoms with Crippen molar-refractivity contribution in [2.24, 2.45) is 0 Å². The molecule has 20 heavy (non-hydrogen) atoms. The van der Waals surface area contributed by atoms with Crippen molar-refractivity contribution in [3.8, 4) is 0 Å². The number of hydrogen-bond acceptors (Lipinski definition) is 3. The summed E-state index contributed by atoms with van der Waals surface area (Å²) >= 11 is 0. The van der Waals surface area contributed by atoms with E-state index in [0.717, 1.165) is 31.9 Å². The van der Waals surface area contributed by atoms with Gasteiger partial charge in [0.05, 0.1) is 0 Å². The molecular formula is C16H32O3Si. The van der Waals surface area contributed by atoms with E-state index in [9.17, 15) is 4.79 Å². The first-order valence-electron chi connectivity index (χ1n) is 7.82. The zero-order chi connectivity index (χ0) is 15.6. The van der Waals surface area contributed by atoms with E-state index in [2.05, 4.69) is 26.6 Å². The topological polar surface area (TPSA) is 35.5 Å². The summed E-state index contributed by atoms with van der Waals surface area (Å²) in [6.07, 6.45) is 5.35. The summed E-state index contributed by atoms with van der Waals surface area (Å²) in [6, 6.07) is 1.03. The quantitative estimate of drug-likeness (QED) is 0.240. The summed E-state index contributed by atoms with van der Waals surface area (Å²) < 4.78 is 11.4. The molecule has 1 unspecified atom stereocenters. The van der Waals surface area contributed by atoms with Crippen LogP contribution in [0.5, 0.6) is 0 Å². The van der Waals surface area contributed by atoms with Crippen molar-refractivity contribution in [1.29, 1.82) is 0 Å². The van der Waals surface area contributed by atoms with Gasteiger partial charge in [0, 0.05) is 12.2 Å². The second-order valence-corrected chi connectivity index (χ2v) is 10.3. The molecule has 0 N–H and O–H groups in total. The molecule has 0 saturated carbocycles. The zero-order valence-corrected chi connectivity index (χ0v) is 15.0. The molecule has 0 spiro atoms. The van der Waals surface area contributed by atoms with Gasteiger partial charge in [-0.15, -0.1) is 0 Å². The fraction of sp³-hybridized carbons (Fsp3) is 0.812. The minimum atomic E-state index is -1.61. The summed E-state index contributed by atoms with van der Waals surface area (Å²) in [5.41, 5.74) is 0.479. The van der Waals surface area contributed by atoms with Crippen LogP contribution in [-0.4, -0.2) is 27.0 Å². The summed E-state index contributed by atoms with van der Waals surface area (Å²) in [4.78, 5) is 11.7. The number of rotatable bonds is 11. The van der Waals surface area contributed by atoms with Crippen molar-refractivity contribution in [2.75, 3.05) is 6.61 Å². The van der Waals surface area contributed by atoms with Crippen LogP contribution >= 0.6 is 0 Å². The molecule has 3 nitrogen and oxygen atoms in total. The molecule has 0 bridgehead atoms. The van der Waals surface area contributed by atoms with Crippen LogP contribution in [0.2, 0.25) is 19.1 Å². The highest BCUT2D eigenvalue weighted by molar-refractivity contribution is 6.71. The molecule has 0 saturated heterocycles. The molecule has 0 aliphatic rings. The van der Waals surface area contributed by atoms with E-state index in [0.29, 0.717) is 5.57 Å². The molecule has 4 heteroatoms. The van der Waals surface area contributed by atoms with E-state index in [4.69, 9.17) is 9.16 Å². The average molecular weight is 301 g/mol. The van der Waals surface area contributed by atoms with Gasteiger partial charge in [-0.3, -0.25) is 0 Å². The Morgan fingerprint density at radius 2 is 1.85 bits per heavy atom. The second kappa shape index (κ2) is 10.2. The Labute approximate surface area is 125 Å². The molecular weight excluding hydrogens is 268 g/mol. The van der Waals surface area contributed by atoms with Crippen LogP contribution < -0.4 is 0 Å². The number of ether oxygens (including phenoxy) is 1. The molecule has 0 aliphatic carbocycles. The minimum absolute atomic E-state index is 0.0120. The van der Waals surface area contributed by atoms with Gasteiger partial charge in [-0.25, -0.2) is 4.79 Å². The predicted molar refractivity (Wildman–Crippen MR) is 87.4 cm³/mol. The van der Waals surface area contributed by atoms with Gasteiger partial charge in [0.1, 0.15) is 6.10 Å². The highest BCUT2D eigenvalue weighted by Crippen LogP contribution is 2.20. The van der Waals surface area contributed by atoms with Crippen LogP contribution in [0.25, 0.3) is 0 Å². The number of carbonyl (C=O) groups excluding carboxylic acids is 1. The van der Waals surface area contributed by atoms with Gasteiger partial charge < -0.3 is 9.16 Å². The normalized spacial score (nSPS) is 13.1. The van der Waals surface area contributed by atoms with E-state index in [1.54, 1.807) is 6.92 Å². The lowest BCUT2D eigenvalue weighted by Crippen LogP contribution is -2.32. The fourth-order valence-electron chi connectivity index (χ4n) is 2.11. The monoisotopic (exact) mass is 300 g/mol. The Balaban J connectivity index is 4.36. The maximum absolute atomic E-state index is 11.7. The van der Waals surface area contributed by atoms with Crippen molar-refractivity contribution < 1.29 is 14.0 Å². The summed E-state index contributed by atoms with van der Waals surface area (Å²) in [6.45, 7) is 14.8. The SMILES string of the molecule is C=C(C)C(=O)OC(CCCCC)CC[Si](C)(C)OCC. The van der Waals surface area contributed by atoms with Crippen LogP contribution in [0, 0.1) is 0 Å². The van der Waals surface area contributed by atoms with E-state index in [1.807, 2.05) is 6.92 Å². The number of hydrogen-bond donors (Lipinski definition) is 0. The third-order valence-electron chi connectivity index (χ3n) is 3.36. The van der Waals surface area contributed by atoms with Crippen molar-refractivity contribution in [2.45, 2.75) is 78.1 Å². The smallest absolute Gasteiger partial charge is 0.333 e. The van der Waals surface area contributed by atoms with Crippen LogP contribution in [0.4, 0.5) is 0 Å². The third-order valence-corrected chi connectivity index (χ3v) is 5.92. The summed E-state index contributed by atoms with van der Waals surface area (Å²) in [5, 5.41) is 0. The third kappa shape index (κ3) is 9.32. The molecule has 0 fully saturated rings. The maximum Gasteiger partial charge on any atom is 0.333 e. The van der Waals surface area contributed by atoms with Crippen LogP contribution in [0.3, 0.4) is 0 Å². The van der Waals surface area contributed by atoms with Gasteiger partial charge in [-0.2, -0.15) is 0 Å². The van der Waals surface area contributed by atoms with Crippen LogP contribution in [-0.2, 0) is 14.0 Å². The lowest BCUT2D eigenvalue weighted by Gasteiger charge is -2.25. The molecule has 0 rings (SSSR count). The van der Waals surface area contributed by atoms with Gasteiger partial charge in [0.2, 0.25) is 0 Å². The largest absolute Gasteiger partial charge is 0.459 e. The van der Waals surface area contributed by atoms with Gasteiger partial charge in [-0.1, -0.05) is 26.3 Å². The molecule has 0 radical (unpaired) electrons. The van der Waals surface area contributed by atoms with Crippen molar-refractivity contribution in [1.82, 2.24) is 0 Å². The second-order valence-electron chi connectivity index (χ2n) is 6.03. The van der Waals surface area contributed by atoms with Crippen LogP contribution in [0.15, 0.2) is 12.2 Å². The number of esters is 1. The van der Waals surface area contributed by atoms with Crippen molar-refractivity contribution in [3.05, 3.63) is 12.2 Å². The predicted octanol–water partition coefficient (Wildman–Crippen LogP) is 4.69. The molecule has 0 aliphatic heterocycles. The number of unbranched alkanes of at least 4 members (excludes halogenated alkanes) is 2. The van der Waals surface area contributed by atoms with Gasteiger partial charge in [-0.05, 0) is 52.2 Å². The first-order chi connectivity index (χ1) is 9.32. The van der Waals surface area contributed by atoms with Gasteiger partial charge in [0.25, 0.3) is 0 Å². The van der Waals surface area contributed by atoms with E-state index in [-0.39, 0.29) is 12.1 Å². The Morgan fingerprint density at radius 1 is 1.20 bits per heavy atom. The maximum atomic E-state index is 11.7. The molecule has 118 valence electrons. The van der Waals surface area contributed by atoms with Crippen molar-refractivity contribution >= 4 is 14.3 Å². The average Bonchev–Trinajstić information content (AvgIpc) is 2.35. The zero-order valence-electron chi connectivity index (χ0n) is 14.0. The fourth-order valence-corrected chi connectivity index (χ4v) is 4.05. The first-order valence-corrected chi connectivity index (χ1v) is 10.9. The van der Waals surface area contributed by atoms with E-state index < -0.39 is 8.32 Å². The Hall–Kier alpha value is -0.613. The summed E-state index contributed by atoms with van der Waals surface area (Å²) in [5.74, 6) is -0.262. The van der Waals surface area contributed by atoms with Crippen LogP contribution in [0.1, 0.15) is 52.9 Å². The molecule has 0 aromatic heterocycles. The first kappa shape index (κ1) is 19.4. The Bertz CT molecular complexity index is 300. The molecule has 0 aromatic rings. The van der Waals surface area contributed by atoms with Gasteiger partial charge >= 0.3 is 5.97 Å². The number of carbonyl (C=O) groups is 1. The summed E-state index contributed by atoms with van der Waals surface area (Å²) in [7, 11) is -1.61. The lowest BCUT2D eigenvalue weighted by atomic mass is 10.1. The molecule has 1 atom stereocenters. The molecule has 0 amide bonds. The highest BCUT2D eigenvalue weighted by Gasteiger charge is 2.25.